The number of rotatable bonds is 6. The van der Waals surface area contributed by atoms with Crippen molar-refractivity contribution in [3.8, 4) is 0 Å². The van der Waals surface area contributed by atoms with Crippen molar-refractivity contribution in [2.45, 2.75) is 19.9 Å². The lowest BCUT2D eigenvalue weighted by atomic mass is 10.1. The van der Waals surface area contributed by atoms with Gasteiger partial charge in [-0.3, -0.25) is 9.59 Å². The summed E-state index contributed by atoms with van der Waals surface area (Å²) >= 11 is 1.38. The second-order valence-electron chi connectivity index (χ2n) is 4.29. The summed E-state index contributed by atoms with van der Waals surface area (Å²) in [5.74, 6) is -0.200. The predicted molar refractivity (Wildman–Crippen MR) is 72.5 cm³/mol. The van der Waals surface area contributed by atoms with E-state index in [1.165, 1.54) is 11.3 Å². The fraction of sp³-hybridized carbons (Fsp3) is 0.500. The first-order valence-corrected chi connectivity index (χ1v) is 6.75. The fourth-order valence-corrected chi connectivity index (χ4v) is 1.92. The normalized spacial score (nSPS) is 12.2. The molecule has 1 rings (SSSR count). The minimum atomic E-state index is -0.502. The van der Waals surface area contributed by atoms with E-state index in [9.17, 15) is 9.59 Å². The van der Waals surface area contributed by atoms with E-state index in [0.717, 1.165) is 0 Å². The maximum Gasteiger partial charge on any atom is 0.261 e. The van der Waals surface area contributed by atoms with Gasteiger partial charge < -0.3 is 16.4 Å². The second-order valence-corrected chi connectivity index (χ2v) is 5.24. The van der Waals surface area contributed by atoms with Crippen LogP contribution in [-0.2, 0) is 4.79 Å². The maximum atomic E-state index is 11.6. The summed E-state index contributed by atoms with van der Waals surface area (Å²) in [6.45, 7) is 4.56. The van der Waals surface area contributed by atoms with E-state index in [4.69, 9.17) is 5.73 Å². The Labute approximate surface area is 111 Å². The van der Waals surface area contributed by atoms with Crippen molar-refractivity contribution in [3.05, 3.63) is 22.4 Å². The third-order valence-corrected chi connectivity index (χ3v) is 3.34. The van der Waals surface area contributed by atoms with E-state index in [-0.39, 0.29) is 17.7 Å². The fourth-order valence-electron chi connectivity index (χ4n) is 1.28. The zero-order valence-corrected chi connectivity index (χ0v) is 11.4. The first-order chi connectivity index (χ1) is 8.52. The van der Waals surface area contributed by atoms with Crippen LogP contribution in [-0.4, -0.2) is 30.9 Å². The van der Waals surface area contributed by atoms with Gasteiger partial charge in [-0.2, -0.15) is 0 Å². The molecule has 2 amide bonds. The number of nitrogens with two attached hydrogens (primary N) is 1. The van der Waals surface area contributed by atoms with Crippen molar-refractivity contribution in [1.82, 2.24) is 10.6 Å². The van der Waals surface area contributed by atoms with E-state index in [0.29, 0.717) is 18.0 Å². The van der Waals surface area contributed by atoms with Crippen molar-refractivity contribution in [1.29, 1.82) is 0 Å². The summed E-state index contributed by atoms with van der Waals surface area (Å²) in [6.07, 6.45) is 0. The SMILES string of the molecule is CC(C)[C@H](N)C(=O)NCCNC(=O)c1cccs1. The van der Waals surface area contributed by atoms with Gasteiger partial charge in [0, 0.05) is 13.1 Å². The number of amides is 2. The Hall–Kier alpha value is -1.40. The smallest absolute Gasteiger partial charge is 0.261 e. The number of carbonyl (C=O) groups excluding carboxylic acids is 2. The van der Waals surface area contributed by atoms with Gasteiger partial charge in [0.25, 0.3) is 5.91 Å². The summed E-state index contributed by atoms with van der Waals surface area (Å²) in [4.78, 5) is 23.7. The first kappa shape index (κ1) is 14.7. The van der Waals surface area contributed by atoms with Crippen LogP contribution >= 0.6 is 11.3 Å². The van der Waals surface area contributed by atoms with Crippen LogP contribution in [0.1, 0.15) is 23.5 Å². The Balaban J connectivity index is 2.19. The molecule has 0 aromatic carbocycles. The minimum absolute atomic E-state index is 0.103. The van der Waals surface area contributed by atoms with Crippen LogP contribution in [0.15, 0.2) is 17.5 Å². The third kappa shape index (κ3) is 4.46. The number of hydrogen-bond acceptors (Lipinski definition) is 4. The lowest BCUT2D eigenvalue weighted by Crippen LogP contribution is -2.46. The quantitative estimate of drug-likeness (QED) is 0.660. The summed E-state index contributed by atoms with van der Waals surface area (Å²) in [5.41, 5.74) is 5.68. The van der Waals surface area contributed by atoms with Gasteiger partial charge in [-0.1, -0.05) is 19.9 Å². The summed E-state index contributed by atoms with van der Waals surface area (Å²) in [6, 6.07) is 3.08. The highest BCUT2D eigenvalue weighted by atomic mass is 32.1. The van der Waals surface area contributed by atoms with Crippen molar-refractivity contribution in [2.75, 3.05) is 13.1 Å². The lowest BCUT2D eigenvalue weighted by molar-refractivity contribution is -0.123. The Morgan fingerprint density at radius 2 is 2.00 bits per heavy atom. The van der Waals surface area contributed by atoms with Crippen LogP contribution < -0.4 is 16.4 Å². The standard InChI is InChI=1S/C12H19N3O2S/c1-8(2)10(13)12(17)15-6-5-14-11(16)9-4-3-7-18-9/h3-4,7-8,10H,5-6,13H2,1-2H3,(H,14,16)(H,15,17)/t10-/m0/s1. The van der Waals surface area contributed by atoms with Crippen LogP contribution in [0.25, 0.3) is 0 Å². The van der Waals surface area contributed by atoms with Crippen molar-refractivity contribution < 1.29 is 9.59 Å². The highest BCUT2D eigenvalue weighted by molar-refractivity contribution is 7.12. The van der Waals surface area contributed by atoms with Gasteiger partial charge in [0.05, 0.1) is 10.9 Å². The van der Waals surface area contributed by atoms with Gasteiger partial charge in [0.2, 0.25) is 5.91 Å². The highest BCUT2D eigenvalue weighted by Gasteiger charge is 2.16. The zero-order valence-electron chi connectivity index (χ0n) is 10.6. The molecule has 0 aliphatic heterocycles. The Kier molecular flexibility index (Phi) is 5.80. The molecule has 1 aromatic heterocycles. The van der Waals surface area contributed by atoms with Crippen LogP contribution in [0, 0.1) is 5.92 Å². The van der Waals surface area contributed by atoms with Gasteiger partial charge in [0.15, 0.2) is 0 Å². The van der Waals surface area contributed by atoms with Gasteiger partial charge in [-0.25, -0.2) is 0 Å². The summed E-state index contributed by atoms with van der Waals surface area (Å²) in [5, 5.41) is 7.26. The Morgan fingerprint density at radius 1 is 1.33 bits per heavy atom. The number of thiophene rings is 1. The molecule has 5 nitrogen and oxygen atoms in total. The first-order valence-electron chi connectivity index (χ1n) is 5.87. The molecular weight excluding hydrogens is 250 g/mol. The molecule has 0 saturated carbocycles. The molecular formula is C12H19N3O2S. The third-order valence-electron chi connectivity index (χ3n) is 2.48. The van der Waals surface area contributed by atoms with Gasteiger partial charge in [-0.05, 0) is 17.4 Å². The number of carbonyl (C=O) groups is 2. The number of hydrogen-bond donors (Lipinski definition) is 3. The molecule has 0 spiro atoms. The van der Waals surface area contributed by atoms with Crippen LogP contribution in [0.2, 0.25) is 0 Å². The largest absolute Gasteiger partial charge is 0.353 e. The molecule has 18 heavy (non-hydrogen) atoms. The molecule has 6 heteroatoms. The predicted octanol–water partition coefficient (Wildman–Crippen LogP) is 0.577. The van der Waals surface area contributed by atoms with E-state index in [1.54, 1.807) is 6.07 Å². The lowest BCUT2D eigenvalue weighted by Gasteiger charge is -2.15. The molecule has 1 heterocycles. The molecule has 1 atom stereocenters. The minimum Gasteiger partial charge on any atom is -0.353 e. The topological polar surface area (TPSA) is 84.2 Å². The van der Waals surface area contributed by atoms with Gasteiger partial charge in [-0.15, -0.1) is 11.3 Å². The van der Waals surface area contributed by atoms with Crippen molar-refractivity contribution in [3.63, 3.8) is 0 Å². The van der Waals surface area contributed by atoms with E-state index in [1.807, 2.05) is 25.3 Å². The van der Waals surface area contributed by atoms with Gasteiger partial charge >= 0.3 is 0 Å². The molecule has 0 aliphatic carbocycles. The molecule has 100 valence electrons. The molecule has 0 fully saturated rings. The monoisotopic (exact) mass is 269 g/mol. The Bertz CT molecular complexity index is 390. The molecule has 1 aromatic rings. The molecule has 0 bridgehead atoms. The summed E-state index contributed by atoms with van der Waals surface area (Å²) < 4.78 is 0. The molecule has 0 aliphatic rings. The molecule has 4 N–H and O–H groups in total. The van der Waals surface area contributed by atoms with Crippen LogP contribution in [0.3, 0.4) is 0 Å². The van der Waals surface area contributed by atoms with Crippen LogP contribution in [0.4, 0.5) is 0 Å². The van der Waals surface area contributed by atoms with E-state index >= 15 is 0 Å². The molecule has 0 unspecified atom stereocenters. The average molecular weight is 269 g/mol. The molecule has 0 saturated heterocycles. The highest BCUT2D eigenvalue weighted by Crippen LogP contribution is 2.07. The number of nitrogens with one attached hydrogen (secondary N) is 2. The average Bonchev–Trinajstić information content (AvgIpc) is 2.86. The zero-order chi connectivity index (χ0) is 13.5. The second kappa shape index (κ2) is 7.13. The summed E-state index contributed by atoms with van der Waals surface area (Å²) in [7, 11) is 0. The molecule has 0 radical (unpaired) electrons. The Morgan fingerprint density at radius 3 is 2.56 bits per heavy atom. The van der Waals surface area contributed by atoms with E-state index in [2.05, 4.69) is 10.6 Å². The van der Waals surface area contributed by atoms with Crippen molar-refractivity contribution >= 4 is 23.2 Å². The van der Waals surface area contributed by atoms with Crippen LogP contribution in [0.5, 0.6) is 0 Å². The maximum absolute atomic E-state index is 11.6. The van der Waals surface area contributed by atoms with Crippen molar-refractivity contribution in [2.24, 2.45) is 11.7 Å². The van der Waals surface area contributed by atoms with Gasteiger partial charge in [0.1, 0.15) is 0 Å². The van der Waals surface area contributed by atoms with E-state index < -0.39 is 6.04 Å².